The number of fused-ring (bicyclic) bond motifs is 1. The van der Waals surface area contributed by atoms with E-state index in [9.17, 15) is 31.1 Å². The van der Waals surface area contributed by atoms with E-state index in [1.165, 1.54) is 11.5 Å². The normalized spacial score (nSPS) is 12.4. The van der Waals surface area contributed by atoms with Gasteiger partial charge >= 0.3 is 12.4 Å². The lowest BCUT2D eigenvalue weighted by Gasteiger charge is -2.22. The van der Waals surface area contributed by atoms with Crippen molar-refractivity contribution in [1.82, 2.24) is 9.38 Å². The number of methoxy groups -OCH3 is 1. The van der Waals surface area contributed by atoms with Crippen LogP contribution in [0.25, 0.3) is 5.65 Å². The molecule has 1 amide bonds. The fraction of sp³-hybridized carbons (Fsp3) is 0.300. The molecule has 0 radical (unpaired) electrons. The number of thioether (sulfide) groups is 1. The standard InChI is InChI=1S/C20H17F6N3O2S/c1-3-32-18-16(27-15-9-6-13(10-28(15)18)20(24,25)26)17(30)29(11-31-2)14-7-4-12(5-8-14)19(21,22)23/h4-10H,3,11H2,1-2H3. The molecule has 0 aliphatic heterocycles. The number of carbonyl (C=O) groups excluding carboxylic acids is 1. The summed E-state index contributed by atoms with van der Waals surface area (Å²) in [5.41, 5.74) is -1.68. The van der Waals surface area contributed by atoms with Gasteiger partial charge < -0.3 is 4.74 Å². The van der Waals surface area contributed by atoms with Crippen LogP contribution < -0.4 is 4.90 Å². The van der Waals surface area contributed by atoms with Crippen molar-refractivity contribution >= 4 is 29.0 Å². The van der Waals surface area contributed by atoms with Crippen LogP contribution in [0.5, 0.6) is 0 Å². The highest BCUT2D eigenvalue weighted by Crippen LogP contribution is 2.34. The molecule has 172 valence electrons. The zero-order valence-corrected chi connectivity index (χ0v) is 17.6. The Bertz CT molecular complexity index is 1110. The van der Waals surface area contributed by atoms with Gasteiger partial charge in [-0.05, 0) is 42.2 Å². The number of carbonyl (C=O) groups is 1. The summed E-state index contributed by atoms with van der Waals surface area (Å²) < 4.78 is 84.3. The van der Waals surface area contributed by atoms with E-state index < -0.39 is 29.4 Å². The molecule has 32 heavy (non-hydrogen) atoms. The zero-order chi connectivity index (χ0) is 23.7. The fourth-order valence-corrected chi connectivity index (χ4v) is 3.77. The highest BCUT2D eigenvalue weighted by Gasteiger charge is 2.33. The van der Waals surface area contributed by atoms with Crippen LogP contribution in [0.4, 0.5) is 32.0 Å². The van der Waals surface area contributed by atoms with E-state index >= 15 is 0 Å². The van der Waals surface area contributed by atoms with Crippen molar-refractivity contribution in [2.45, 2.75) is 24.3 Å². The van der Waals surface area contributed by atoms with Crippen LogP contribution in [0.3, 0.4) is 0 Å². The first-order valence-corrected chi connectivity index (χ1v) is 10.2. The number of aromatic nitrogens is 2. The fourth-order valence-electron chi connectivity index (χ4n) is 2.94. The number of ether oxygens (including phenoxy) is 1. The maximum atomic E-state index is 13.3. The summed E-state index contributed by atoms with van der Waals surface area (Å²) in [6.07, 6.45) is -8.27. The number of amides is 1. The summed E-state index contributed by atoms with van der Waals surface area (Å²) in [6.45, 7) is 1.46. The molecule has 0 aliphatic carbocycles. The van der Waals surface area contributed by atoms with E-state index in [1.54, 1.807) is 6.92 Å². The Morgan fingerprint density at radius 2 is 1.62 bits per heavy atom. The molecule has 0 aliphatic rings. The Hall–Kier alpha value is -2.73. The van der Waals surface area contributed by atoms with Crippen LogP contribution in [0.2, 0.25) is 0 Å². The Labute approximate surface area is 183 Å². The second-order valence-corrected chi connectivity index (χ2v) is 7.79. The van der Waals surface area contributed by atoms with Gasteiger partial charge in [-0.15, -0.1) is 11.8 Å². The Balaban J connectivity index is 2.08. The molecular formula is C20H17F6N3O2S. The third kappa shape index (κ3) is 4.85. The van der Waals surface area contributed by atoms with Crippen LogP contribution >= 0.6 is 11.8 Å². The number of rotatable bonds is 6. The molecule has 0 saturated carbocycles. The molecule has 0 spiro atoms. The van der Waals surface area contributed by atoms with Gasteiger partial charge in [-0.25, -0.2) is 4.98 Å². The van der Waals surface area contributed by atoms with E-state index in [2.05, 4.69) is 4.98 Å². The number of halogens is 6. The minimum absolute atomic E-state index is 0.116. The molecule has 0 atom stereocenters. The van der Waals surface area contributed by atoms with Gasteiger partial charge in [-0.2, -0.15) is 26.3 Å². The molecule has 5 nitrogen and oxygen atoms in total. The second-order valence-electron chi connectivity index (χ2n) is 6.54. The molecular weight excluding hydrogens is 460 g/mol. The van der Waals surface area contributed by atoms with Crippen LogP contribution in [-0.2, 0) is 17.1 Å². The summed E-state index contributed by atoms with van der Waals surface area (Å²) in [6, 6.07) is 5.89. The topological polar surface area (TPSA) is 46.8 Å². The third-order valence-electron chi connectivity index (χ3n) is 4.40. The first-order valence-electron chi connectivity index (χ1n) is 9.17. The SMILES string of the molecule is CCSc1c(C(=O)N(COC)c2ccc(C(F)(F)F)cc2)nc2ccc(C(F)(F)F)cn12. The molecule has 0 saturated heterocycles. The van der Waals surface area contributed by atoms with Gasteiger partial charge in [-0.1, -0.05) is 6.92 Å². The van der Waals surface area contributed by atoms with E-state index in [1.807, 2.05) is 0 Å². The maximum Gasteiger partial charge on any atom is 0.417 e. The summed E-state index contributed by atoms with van der Waals surface area (Å²) in [4.78, 5) is 18.5. The Kier molecular flexibility index (Phi) is 6.75. The lowest BCUT2D eigenvalue weighted by molar-refractivity contribution is -0.138. The quantitative estimate of drug-likeness (QED) is 0.258. The van der Waals surface area contributed by atoms with Crippen molar-refractivity contribution in [1.29, 1.82) is 0 Å². The number of hydrogen-bond donors (Lipinski definition) is 0. The lowest BCUT2D eigenvalue weighted by atomic mass is 10.2. The molecule has 0 N–H and O–H groups in total. The molecule has 3 aromatic rings. The molecule has 3 rings (SSSR count). The summed E-state index contributed by atoms with van der Waals surface area (Å²) in [7, 11) is 1.30. The number of anilines is 1. The van der Waals surface area contributed by atoms with E-state index in [0.717, 1.165) is 59.3 Å². The smallest absolute Gasteiger partial charge is 0.364 e. The first kappa shape index (κ1) is 23.9. The van der Waals surface area contributed by atoms with Crippen LogP contribution in [0.15, 0.2) is 47.6 Å². The molecule has 0 bridgehead atoms. The van der Waals surface area contributed by atoms with Gasteiger partial charge in [-0.3, -0.25) is 14.1 Å². The predicted molar refractivity (Wildman–Crippen MR) is 107 cm³/mol. The minimum atomic E-state index is -4.58. The zero-order valence-electron chi connectivity index (χ0n) is 16.8. The number of pyridine rings is 1. The largest absolute Gasteiger partial charge is 0.417 e. The van der Waals surface area contributed by atoms with Crippen molar-refractivity contribution in [3.63, 3.8) is 0 Å². The molecule has 0 fully saturated rings. The molecule has 2 aromatic heterocycles. The predicted octanol–water partition coefficient (Wildman–Crippen LogP) is 5.73. The summed E-state index contributed by atoms with van der Waals surface area (Å²) in [5.74, 6) is -0.283. The van der Waals surface area contributed by atoms with Crippen molar-refractivity contribution in [2.24, 2.45) is 0 Å². The lowest BCUT2D eigenvalue weighted by Crippen LogP contribution is -2.33. The van der Waals surface area contributed by atoms with Gasteiger partial charge in [0.05, 0.1) is 11.1 Å². The maximum absolute atomic E-state index is 13.3. The van der Waals surface area contributed by atoms with Gasteiger partial charge in [0.15, 0.2) is 5.69 Å². The second kappa shape index (κ2) is 9.02. The molecule has 2 heterocycles. The average Bonchev–Trinajstić information content (AvgIpc) is 3.08. The average molecular weight is 477 g/mol. The van der Waals surface area contributed by atoms with Gasteiger partial charge in [0.1, 0.15) is 17.4 Å². The minimum Gasteiger partial charge on any atom is -0.364 e. The number of alkyl halides is 6. The molecule has 1 aromatic carbocycles. The van der Waals surface area contributed by atoms with Crippen molar-refractivity contribution in [3.8, 4) is 0 Å². The van der Waals surface area contributed by atoms with Crippen molar-refractivity contribution in [2.75, 3.05) is 24.5 Å². The monoisotopic (exact) mass is 477 g/mol. The summed E-state index contributed by atoms with van der Waals surface area (Å²) in [5, 5.41) is 0.187. The third-order valence-corrected chi connectivity index (χ3v) is 5.35. The highest BCUT2D eigenvalue weighted by molar-refractivity contribution is 7.99. The van der Waals surface area contributed by atoms with E-state index in [4.69, 9.17) is 4.74 Å². The van der Waals surface area contributed by atoms with Crippen LogP contribution in [0, 0.1) is 0 Å². The summed E-state index contributed by atoms with van der Waals surface area (Å²) >= 11 is 1.12. The van der Waals surface area contributed by atoms with Crippen LogP contribution in [-0.4, -0.2) is 34.9 Å². The van der Waals surface area contributed by atoms with E-state index in [0.29, 0.717) is 5.75 Å². The van der Waals surface area contributed by atoms with Crippen molar-refractivity contribution in [3.05, 3.63) is 59.4 Å². The van der Waals surface area contributed by atoms with Gasteiger partial charge in [0.2, 0.25) is 0 Å². The Morgan fingerprint density at radius 1 is 1.03 bits per heavy atom. The van der Waals surface area contributed by atoms with Crippen molar-refractivity contribution < 1.29 is 35.9 Å². The van der Waals surface area contributed by atoms with E-state index in [-0.39, 0.29) is 28.8 Å². The van der Waals surface area contributed by atoms with Gasteiger partial charge in [0.25, 0.3) is 5.91 Å². The van der Waals surface area contributed by atoms with Gasteiger partial charge in [0, 0.05) is 19.0 Å². The number of hydrogen-bond acceptors (Lipinski definition) is 4. The Morgan fingerprint density at radius 3 is 2.16 bits per heavy atom. The number of nitrogens with zero attached hydrogens (tertiary/aromatic N) is 3. The highest BCUT2D eigenvalue weighted by atomic mass is 32.2. The molecule has 0 unspecified atom stereocenters. The molecule has 12 heteroatoms. The first-order chi connectivity index (χ1) is 15.0. The number of imidazole rings is 1. The van der Waals surface area contributed by atoms with Crippen LogP contribution in [0.1, 0.15) is 28.5 Å². The number of benzene rings is 1.